The molecule has 35 heavy (non-hydrogen) atoms. The molecule has 8 rings (SSSR count). The summed E-state index contributed by atoms with van der Waals surface area (Å²) < 4.78 is 4.81. The summed E-state index contributed by atoms with van der Waals surface area (Å²) in [5.74, 6) is 0. The molecule has 3 aromatic heterocycles. The fraction of sp³-hybridized carbons (Fsp3) is 0. The van der Waals surface area contributed by atoms with E-state index in [0.29, 0.717) is 0 Å². The highest BCUT2D eigenvalue weighted by atomic mass is 32.1. The van der Waals surface area contributed by atoms with Crippen molar-refractivity contribution in [3.05, 3.63) is 120 Å². The number of aromatic nitrogens is 2. The van der Waals surface area contributed by atoms with E-state index in [0.717, 1.165) is 0 Å². The first kappa shape index (κ1) is 19.0. The molecule has 0 saturated heterocycles. The van der Waals surface area contributed by atoms with Crippen molar-refractivity contribution in [2.24, 2.45) is 0 Å². The van der Waals surface area contributed by atoms with Crippen molar-refractivity contribution in [3.8, 4) is 11.4 Å². The number of hydrogen-bond donors (Lipinski definition) is 0. The average molecular weight is 465 g/mol. The first-order chi connectivity index (χ1) is 17.4. The minimum absolute atomic E-state index is 1.17. The van der Waals surface area contributed by atoms with Gasteiger partial charge in [-0.05, 0) is 47.2 Å². The Morgan fingerprint density at radius 1 is 0.429 bits per heavy atom. The zero-order valence-corrected chi connectivity index (χ0v) is 19.7. The predicted molar refractivity (Wildman–Crippen MR) is 151 cm³/mol. The van der Waals surface area contributed by atoms with Crippen LogP contribution >= 0.6 is 11.3 Å². The molecule has 8 aromatic rings. The van der Waals surface area contributed by atoms with Gasteiger partial charge < -0.3 is 9.13 Å². The summed E-state index contributed by atoms with van der Waals surface area (Å²) in [6.45, 7) is 0. The number of rotatable bonds is 2. The molecule has 0 aliphatic rings. The van der Waals surface area contributed by atoms with Crippen LogP contribution in [-0.4, -0.2) is 9.13 Å². The standard InChI is InChI=1S/C32H20N2S/c1-2-11-24-21(8-1)16-17-30-32(24)27-19-35-20-31(27)34(30)23-10-7-9-22(18-23)33-28-14-5-3-12-25(28)26-13-4-6-15-29(26)33/h1-20H. The van der Waals surface area contributed by atoms with Gasteiger partial charge in [0.15, 0.2) is 0 Å². The van der Waals surface area contributed by atoms with Crippen LogP contribution in [0.1, 0.15) is 0 Å². The van der Waals surface area contributed by atoms with Gasteiger partial charge in [0.1, 0.15) is 0 Å². The molecule has 0 atom stereocenters. The van der Waals surface area contributed by atoms with Crippen molar-refractivity contribution in [1.82, 2.24) is 9.13 Å². The Morgan fingerprint density at radius 2 is 1.06 bits per heavy atom. The summed E-state index contributed by atoms with van der Waals surface area (Å²) in [6.07, 6.45) is 0. The minimum Gasteiger partial charge on any atom is -0.309 e. The fourth-order valence-corrected chi connectivity index (χ4v) is 6.56. The Balaban J connectivity index is 1.45. The van der Waals surface area contributed by atoms with Gasteiger partial charge in [-0.2, -0.15) is 0 Å². The van der Waals surface area contributed by atoms with Gasteiger partial charge in [-0.15, -0.1) is 11.3 Å². The Morgan fingerprint density at radius 3 is 1.80 bits per heavy atom. The van der Waals surface area contributed by atoms with Gasteiger partial charge in [0.2, 0.25) is 0 Å². The van der Waals surface area contributed by atoms with E-state index in [2.05, 4.69) is 129 Å². The molecule has 2 nitrogen and oxygen atoms in total. The molecule has 0 N–H and O–H groups in total. The minimum atomic E-state index is 1.17. The molecule has 164 valence electrons. The smallest absolute Gasteiger partial charge is 0.0648 e. The Bertz CT molecular complexity index is 2020. The van der Waals surface area contributed by atoms with Gasteiger partial charge in [-0.25, -0.2) is 0 Å². The SMILES string of the molecule is c1cc(-n2c3ccccc3c3ccccc32)cc(-n2c3cscc3c3c4ccccc4ccc32)c1. The van der Waals surface area contributed by atoms with Gasteiger partial charge in [-0.1, -0.05) is 72.8 Å². The molecule has 0 bridgehead atoms. The van der Waals surface area contributed by atoms with E-state index in [1.165, 1.54) is 65.8 Å². The van der Waals surface area contributed by atoms with Crippen LogP contribution in [0.25, 0.3) is 65.8 Å². The van der Waals surface area contributed by atoms with E-state index in [9.17, 15) is 0 Å². The van der Waals surface area contributed by atoms with Gasteiger partial charge in [-0.3, -0.25) is 0 Å². The third-order valence-corrected chi connectivity index (χ3v) is 7.96. The molecule has 5 aromatic carbocycles. The van der Waals surface area contributed by atoms with E-state index in [4.69, 9.17) is 0 Å². The predicted octanol–water partition coefficient (Wildman–Crippen LogP) is 9.10. The van der Waals surface area contributed by atoms with Gasteiger partial charge in [0, 0.05) is 43.7 Å². The van der Waals surface area contributed by atoms with E-state index in [1.807, 2.05) is 0 Å². The van der Waals surface area contributed by atoms with Crippen LogP contribution in [0.2, 0.25) is 0 Å². The quantitative estimate of drug-likeness (QED) is 0.241. The normalized spacial score (nSPS) is 12.0. The van der Waals surface area contributed by atoms with Crippen LogP contribution in [-0.2, 0) is 0 Å². The maximum Gasteiger partial charge on any atom is 0.0648 e. The topological polar surface area (TPSA) is 9.86 Å². The fourth-order valence-electron chi connectivity index (χ4n) is 5.76. The molecule has 0 spiro atoms. The highest BCUT2D eigenvalue weighted by Crippen LogP contribution is 2.39. The zero-order chi connectivity index (χ0) is 22.9. The third kappa shape index (κ3) is 2.59. The van der Waals surface area contributed by atoms with Crippen LogP contribution in [0.15, 0.2) is 120 Å². The summed E-state index contributed by atoms with van der Waals surface area (Å²) >= 11 is 1.77. The van der Waals surface area contributed by atoms with E-state index in [1.54, 1.807) is 11.3 Å². The third-order valence-electron chi connectivity index (χ3n) is 7.23. The van der Waals surface area contributed by atoms with Crippen LogP contribution in [0.4, 0.5) is 0 Å². The highest BCUT2D eigenvalue weighted by molar-refractivity contribution is 7.09. The summed E-state index contributed by atoms with van der Waals surface area (Å²) in [4.78, 5) is 0. The van der Waals surface area contributed by atoms with Gasteiger partial charge >= 0.3 is 0 Å². The van der Waals surface area contributed by atoms with Crippen molar-refractivity contribution >= 4 is 65.7 Å². The molecule has 0 aliphatic heterocycles. The summed E-state index contributed by atoms with van der Waals surface area (Å²) in [6, 6.07) is 39.5. The molecule has 0 saturated carbocycles. The molecule has 3 heteroatoms. The lowest BCUT2D eigenvalue weighted by Gasteiger charge is -2.12. The summed E-state index contributed by atoms with van der Waals surface area (Å²) in [5, 5.41) is 12.4. The second-order valence-electron chi connectivity index (χ2n) is 9.08. The molecule has 0 fully saturated rings. The van der Waals surface area contributed by atoms with Crippen molar-refractivity contribution < 1.29 is 0 Å². The monoisotopic (exact) mass is 464 g/mol. The zero-order valence-electron chi connectivity index (χ0n) is 18.8. The van der Waals surface area contributed by atoms with Crippen LogP contribution in [0.5, 0.6) is 0 Å². The molecule has 0 radical (unpaired) electrons. The average Bonchev–Trinajstić information content (AvgIpc) is 3.59. The van der Waals surface area contributed by atoms with Crippen LogP contribution in [0, 0.1) is 0 Å². The van der Waals surface area contributed by atoms with Crippen molar-refractivity contribution in [2.75, 3.05) is 0 Å². The van der Waals surface area contributed by atoms with E-state index < -0.39 is 0 Å². The maximum atomic E-state index is 2.42. The first-order valence-electron chi connectivity index (χ1n) is 11.9. The lowest BCUT2D eigenvalue weighted by Crippen LogP contribution is -1.98. The van der Waals surface area contributed by atoms with E-state index in [-0.39, 0.29) is 0 Å². The number of nitrogens with zero attached hydrogens (tertiary/aromatic N) is 2. The van der Waals surface area contributed by atoms with Crippen molar-refractivity contribution in [3.63, 3.8) is 0 Å². The molecule has 0 aliphatic carbocycles. The lowest BCUT2D eigenvalue weighted by atomic mass is 10.1. The number of benzene rings is 5. The molecule has 3 heterocycles. The Hall–Kier alpha value is -4.34. The Kier molecular flexibility index (Phi) is 3.85. The molecule has 0 amide bonds. The molecular formula is C32H20N2S. The number of para-hydroxylation sites is 2. The lowest BCUT2D eigenvalue weighted by molar-refractivity contribution is 1.14. The molecular weight excluding hydrogens is 444 g/mol. The maximum absolute atomic E-state index is 2.42. The number of hydrogen-bond acceptors (Lipinski definition) is 1. The largest absolute Gasteiger partial charge is 0.309 e. The van der Waals surface area contributed by atoms with Crippen LogP contribution < -0.4 is 0 Å². The van der Waals surface area contributed by atoms with Gasteiger partial charge in [0.25, 0.3) is 0 Å². The second kappa shape index (κ2) is 7.08. The van der Waals surface area contributed by atoms with Crippen molar-refractivity contribution in [1.29, 1.82) is 0 Å². The van der Waals surface area contributed by atoms with Crippen molar-refractivity contribution in [2.45, 2.75) is 0 Å². The Labute approximate surface area is 205 Å². The van der Waals surface area contributed by atoms with E-state index >= 15 is 0 Å². The molecule has 0 unspecified atom stereocenters. The number of thiophene rings is 1. The highest BCUT2D eigenvalue weighted by Gasteiger charge is 2.17. The number of fused-ring (bicyclic) bond motifs is 8. The van der Waals surface area contributed by atoms with Crippen LogP contribution in [0.3, 0.4) is 0 Å². The summed E-state index contributed by atoms with van der Waals surface area (Å²) in [5.41, 5.74) is 7.33. The second-order valence-corrected chi connectivity index (χ2v) is 9.82. The summed E-state index contributed by atoms with van der Waals surface area (Å²) in [7, 11) is 0. The van der Waals surface area contributed by atoms with Gasteiger partial charge in [0.05, 0.1) is 22.1 Å². The first-order valence-corrected chi connectivity index (χ1v) is 12.8.